The summed E-state index contributed by atoms with van der Waals surface area (Å²) in [6.07, 6.45) is 0.856. The van der Waals surface area contributed by atoms with Crippen LogP contribution in [-0.2, 0) is 16.6 Å². The van der Waals surface area contributed by atoms with Crippen molar-refractivity contribution < 1.29 is 17.6 Å². The van der Waals surface area contributed by atoms with Crippen LogP contribution >= 0.6 is 0 Å². The molecule has 0 saturated carbocycles. The van der Waals surface area contributed by atoms with Crippen molar-refractivity contribution in [3.05, 3.63) is 106 Å². The Kier molecular flexibility index (Phi) is 5.60. The number of hydrogen-bond acceptors (Lipinski definition) is 4. The Morgan fingerprint density at radius 3 is 2.51 bits per heavy atom. The minimum atomic E-state index is -4.13. The quantitative estimate of drug-likeness (QED) is 0.440. The molecule has 1 amide bonds. The van der Waals surface area contributed by atoms with E-state index in [1.807, 2.05) is 47.4 Å². The number of fused-ring (bicyclic) bond motifs is 5. The number of carbonyl (C=O) groups excluding carboxylic acids is 1. The predicted octanol–water partition coefficient (Wildman–Crippen LogP) is 4.20. The molecule has 1 fully saturated rings. The van der Waals surface area contributed by atoms with Gasteiger partial charge in [0, 0.05) is 36.8 Å². The van der Waals surface area contributed by atoms with Gasteiger partial charge in [0.2, 0.25) is 0 Å². The number of nitrogens with one attached hydrogen (secondary N) is 1. The number of rotatable bonds is 4. The summed E-state index contributed by atoms with van der Waals surface area (Å²) in [6, 6.07) is 21.5. The van der Waals surface area contributed by atoms with Crippen molar-refractivity contribution in [2.45, 2.75) is 23.8 Å². The van der Waals surface area contributed by atoms with E-state index in [1.54, 1.807) is 10.6 Å². The maximum Gasteiger partial charge on any atom is 0.275 e. The van der Waals surface area contributed by atoms with Gasteiger partial charge in [-0.15, -0.1) is 0 Å². The zero-order chi connectivity index (χ0) is 25.7. The normalized spacial score (nSPS) is 18.9. The second-order valence-corrected chi connectivity index (χ2v) is 11.4. The van der Waals surface area contributed by atoms with Gasteiger partial charge in [-0.3, -0.25) is 14.3 Å². The molecule has 1 N–H and O–H groups in total. The van der Waals surface area contributed by atoms with Gasteiger partial charge in [-0.1, -0.05) is 36.4 Å². The molecule has 1 aromatic heterocycles. The smallest absolute Gasteiger partial charge is 0.275 e. The summed E-state index contributed by atoms with van der Waals surface area (Å²) >= 11 is 0. The second-order valence-electron chi connectivity index (χ2n) is 9.72. The van der Waals surface area contributed by atoms with Crippen molar-refractivity contribution in [2.24, 2.45) is 5.92 Å². The highest BCUT2D eigenvalue weighted by Crippen LogP contribution is 2.36. The lowest BCUT2D eigenvalue weighted by Crippen LogP contribution is -2.49. The number of aromatic nitrogens is 1. The Bertz CT molecular complexity index is 1720. The number of halogens is 1. The maximum absolute atomic E-state index is 13.6. The molecule has 0 radical (unpaired) electrons. The third kappa shape index (κ3) is 4.29. The molecule has 2 aliphatic rings. The van der Waals surface area contributed by atoms with E-state index >= 15 is 0 Å². The molecule has 3 heterocycles. The van der Waals surface area contributed by atoms with Crippen LogP contribution in [0, 0.1) is 11.7 Å². The van der Waals surface area contributed by atoms with Gasteiger partial charge in [-0.05, 0) is 65.6 Å². The molecule has 6 rings (SSSR count). The summed E-state index contributed by atoms with van der Waals surface area (Å²) in [6.45, 7) is 1.39. The van der Waals surface area contributed by atoms with E-state index in [0.29, 0.717) is 25.2 Å². The standard InChI is InChI=1S/C28H24FN3O4S/c29-23-6-3-7-24(14-23)37(35,36)30-25-10-11-26-22-12-18(16-32(26)28(25)34)15-31(17-22)27(33)21-9-8-19-4-1-2-5-20(19)13-21/h1-11,13-14,18,22,30H,12,15-17H2. The lowest BCUT2D eigenvalue weighted by atomic mass is 9.83. The number of nitrogens with zero attached hydrogens (tertiary/aromatic N) is 2. The fourth-order valence-corrected chi connectivity index (χ4v) is 6.62. The van der Waals surface area contributed by atoms with Crippen LogP contribution in [0.2, 0.25) is 0 Å². The number of sulfonamides is 1. The van der Waals surface area contributed by atoms with Gasteiger partial charge in [0.1, 0.15) is 11.5 Å². The van der Waals surface area contributed by atoms with Crippen LogP contribution in [0.5, 0.6) is 0 Å². The van der Waals surface area contributed by atoms with Gasteiger partial charge in [0.25, 0.3) is 21.5 Å². The van der Waals surface area contributed by atoms with Crippen LogP contribution in [0.1, 0.15) is 28.4 Å². The molecule has 9 heteroatoms. The number of anilines is 1. The van der Waals surface area contributed by atoms with Crippen molar-refractivity contribution in [2.75, 3.05) is 17.8 Å². The van der Waals surface area contributed by atoms with E-state index in [2.05, 4.69) is 4.72 Å². The average molecular weight is 518 g/mol. The Hall–Kier alpha value is -3.98. The molecule has 2 atom stereocenters. The average Bonchev–Trinajstić information content (AvgIpc) is 2.89. The van der Waals surface area contributed by atoms with E-state index in [1.165, 1.54) is 18.2 Å². The van der Waals surface area contributed by atoms with Crippen LogP contribution in [-0.4, -0.2) is 36.9 Å². The van der Waals surface area contributed by atoms with E-state index < -0.39 is 21.4 Å². The summed E-state index contributed by atoms with van der Waals surface area (Å²) in [4.78, 5) is 28.2. The number of piperidine rings is 1. The number of likely N-dealkylation sites (tertiary alicyclic amines) is 1. The summed E-state index contributed by atoms with van der Waals surface area (Å²) in [7, 11) is -4.13. The van der Waals surface area contributed by atoms with Crippen molar-refractivity contribution in [1.29, 1.82) is 0 Å². The van der Waals surface area contributed by atoms with Crippen molar-refractivity contribution in [3.8, 4) is 0 Å². The van der Waals surface area contributed by atoms with Crippen molar-refractivity contribution in [3.63, 3.8) is 0 Å². The van der Waals surface area contributed by atoms with Crippen molar-refractivity contribution in [1.82, 2.24) is 9.47 Å². The van der Waals surface area contributed by atoms with E-state index in [0.717, 1.165) is 35.0 Å². The summed E-state index contributed by atoms with van der Waals surface area (Å²) in [5.41, 5.74) is 0.891. The van der Waals surface area contributed by atoms with E-state index in [4.69, 9.17) is 0 Å². The van der Waals surface area contributed by atoms with E-state index in [-0.39, 0.29) is 28.3 Å². The Labute approximate surface area is 213 Å². The fraction of sp³-hybridized carbons (Fsp3) is 0.214. The first kappa shape index (κ1) is 23.4. The first-order chi connectivity index (χ1) is 17.8. The van der Waals surface area contributed by atoms with Gasteiger partial charge in [-0.25, -0.2) is 12.8 Å². The molecule has 0 aliphatic carbocycles. The van der Waals surface area contributed by atoms with Gasteiger partial charge >= 0.3 is 0 Å². The molecule has 1 saturated heterocycles. The minimum Gasteiger partial charge on any atom is -0.338 e. The lowest BCUT2D eigenvalue weighted by molar-refractivity contribution is 0.0595. The Morgan fingerprint density at radius 1 is 0.892 bits per heavy atom. The zero-order valence-electron chi connectivity index (χ0n) is 19.8. The summed E-state index contributed by atoms with van der Waals surface area (Å²) in [5.74, 6) is -0.668. The molecule has 2 bridgehead atoms. The molecule has 37 heavy (non-hydrogen) atoms. The molecule has 0 spiro atoms. The maximum atomic E-state index is 13.6. The minimum absolute atomic E-state index is 0.0292. The van der Waals surface area contributed by atoms with Gasteiger partial charge in [-0.2, -0.15) is 0 Å². The molecule has 7 nitrogen and oxygen atoms in total. The highest BCUT2D eigenvalue weighted by Gasteiger charge is 2.37. The second kappa shape index (κ2) is 8.85. The molecule has 3 aromatic carbocycles. The highest BCUT2D eigenvalue weighted by molar-refractivity contribution is 7.92. The van der Waals surface area contributed by atoms with Crippen LogP contribution in [0.3, 0.4) is 0 Å². The topological polar surface area (TPSA) is 88.5 Å². The number of benzene rings is 3. The van der Waals surface area contributed by atoms with Crippen LogP contribution < -0.4 is 10.3 Å². The SMILES string of the molecule is O=C(c1ccc2ccccc2c1)N1CC2CC(C1)c1ccc(NS(=O)(=O)c3cccc(F)c3)c(=O)n1C2. The number of hydrogen-bond donors (Lipinski definition) is 1. The third-order valence-corrected chi connectivity index (χ3v) is 8.60. The van der Waals surface area contributed by atoms with Gasteiger partial charge < -0.3 is 9.47 Å². The predicted molar refractivity (Wildman–Crippen MR) is 139 cm³/mol. The largest absolute Gasteiger partial charge is 0.338 e. The number of carbonyl (C=O) groups is 1. The number of pyridine rings is 1. The zero-order valence-corrected chi connectivity index (χ0v) is 20.6. The first-order valence-electron chi connectivity index (χ1n) is 12.1. The van der Waals surface area contributed by atoms with Crippen LogP contribution in [0.15, 0.2) is 88.6 Å². The molecular formula is C28H24FN3O4S. The fourth-order valence-electron chi connectivity index (χ4n) is 5.53. The third-order valence-electron chi connectivity index (χ3n) is 7.24. The molecule has 4 aromatic rings. The van der Waals surface area contributed by atoms with E-state index in [9.17, 15) is 22.4 Å². The van der Waals surface area contributed by atoms with Crippen LogP contribution in [0.25, 0.3) is 10.8 Å². The number of amides is 1. The monoisotopic (exact) mass is 517 g/mol. The van der Waals surface area contributed by atoms with Gasteiger partial charge in [0.15, 0.2) is 0 Å². The Morgan fingerprint density at radius 2 is 1.70 bits per heavy atom. The first-order valence-corrected chi connectivity index (χ1v) is 13.6. The highest BCUT2D eigenvalue weighted by atomic mass is 32.2. The lowest BCUT2D eigenvalue weighted by Gasteiger charge is -2.43. The molecule has 2 aliphatic heterocycles. The van der Waals surface area contributed by atoms with Gasteiger partial charge in [0.05, 0.1) is 4.90 Å². The Balaban J connectivity index is 1.26. The molecule has 188 valence electrons. The van der Waals surface area contributed by atoms with Crippen molar-refractivity contribution >= 4 is 32.4 Å². The molecular weight excluding hydrogens is 493 g/mol. The summed E-state index contributed by atoms with van der Waals surface area (Å²) < 4.78 is 42.9. The molecule has 2 unspecified atom stereocenters. The van der Waals surface area contributed by atoms with Crippen LogP contribution in [0.4, 0.5) is 10.1 Å². The summed E-state index contributed by atoms with van der Waals surface area (Å²) in [5, 5.41) is 2.09.